The number of likely N-dealkylation sites (N-methyl/N-ethyl adjacent to an activating group) is 1. The van der Waals surface area contributed by atoms with Crippen LogP contribution in [0.3, 0.4) is 0 Å². The Labute approximate surface area is 222 Å². The highest BCUT2D eigenvalue weighted by molar-refractivity contribution is 7.89. The molecule has 0 aliphatic rings. The molecule has 1 atom stereocenters. The first-order valence-corrected chi connectivity index (χ1v) is 13.8. The van der Waals surface area contributed by atoms with E-state index < -0.39 is 28.5 Å². The molecule has 0 spiro atoms. The van der Waals surface area contributed by atoms with E-state index in [0.717, 1.165) is 17.1 Å². The van der Waals surface area contributed by atoms with Gasteiger partial charge in [0.15, 0.2) is 0 Å². The third kappa shape index (κ3) is 8.08. The predicted octanol–water partition coefficient (Wildman–Crippen LogP) is 4.99. The van der Waals surface area contributed by atoms with Crippen molar-refractivity contribution in [1.82, 2.24) is 14.5 Å². The zero-order chi connectivity index (χ0) is 26.2. The largest absolute Gasteiger partial charge is 0.354 e. The topological polar surface area (TPSA) is 86.8 Å². The van der Waals surface area contributed by atoms with Crippen LogP contribution in [0.15, 0.2) is 47.4 Å². The van der Waals surface area contributed by atoms with Gasteiger partial charge in [-0.3, -0.25) is 9.59 Å². The minimum absolute atomic E-state index is 0.00819. The smallest absolute Gasteiger partial charge is 0.243 e. The zero-order valence-electron chi connectivity index (χ0n) is 19.9. The van der Waals surface area contributed by atoms with Crippen LogP contribution >= 0.6 is 34.8 Å². The number of benzene rings is 2. The van der Waals surface area contributed by atoms with Crippen LogP contribution in [0.2, 0.25) is 15.1 Å². The summed E-state index contributed by atoms with van der Waals surface area (Å²) in [7, 11) is -2.64. The fourth-order valence-corrected chi connectivity index (χ4v) is 5.13. The molecule has 2 rings (SSSR count). The Morgan fingerprint density at radius 1 is 1.00 bits per heavy atom. The first-order valence-electron chi connectivity index (χ1n) is 11.2. The van der Waals surface area contributed by atoms with Gasteiger partial charge in [0.05, 0.1) is 11.4 Å². The molecule has 0 aliphatic carbocycles. The lowest BCUT2D eigenvalue weighted by atomic mass is 10.1. The van der Waals surface area contributed by atoms with Crippen molar-refractivity contribution in [3.63, 3.8) is 0 Å². The van der Waals surface area contributed by atoms with Crippen molar-refractivity contribution in [1.29, 1.82) is 0 Å². The van der Waals surface area contributed by atoms with Crippen LogP contribution in [0.5, 0.6) is 0 Å². The van der Waals surface area contributed by atoms with Crippen LogP contribution in [0, 0.1) is 0 Å². The van der Waals surface area contributed by atoms with Gasteiger partial charge in [0.25, 0.3) is 0 Å². The van der Waals surface area contributed by atoms with Crippen LogP contribution < -0.4 is 5.32 Å². The molecule has 2 amide bonds. The van der Waals surface area contributed by atoms with Gasteiger partial charge >= 0.3 is 0 Å². The molecule has 35 heavy (non-hydrogen) atoms. The third-order valence-corrected chi connectivity index (χ3v) is 8.11. The number of nitrogens with zero attached hydrogens (tertiary/aromatic N) is 2. The molecular weight excluding hydrogens is 533 g/mol. The highest BCUT2D eigenvalue weighted by Gasteiger charge is 2.32. The minimum Gasteiger partial charge on any atom is -0.354 e. The second-order valence-electron chi connectivity index (χ2n) is 8.04. The van der Waals surface area contributed by atoms with E-state index in [1.165, 1.54) is 36.2 Å². The van der Waals surface area contributed by atoms with Crippen LogP contribution in [0.1, 0.15) is 38.7 Å². The average molecular weight is 563 g/mol. The van der Waals surface area contributed by atoms with Crippen LogP contribution in [-0.2, 0) is 26.2 Å². The van der Waals surface area contributed by atoms with Crippen LogP contribution in [0.25, 0.3) is 0 Å². The fourth-order valence-electron chi connectivity index (χ4n) is 3.41. The molecule has 0 fully saturated rings. The lowest BCUT2D eigenvalue weighted by Crippen LogP contribution is -2.51. The number of halogens is 3. The Kier molecular flexibility index (Phi) is 11.3. The minimum atomic E-state index is -3.96. The number of hydrogen-bond acceptors (Lipinski definition) is 4. The van der Waals surface area contributed by atoms with Crippen molar-refractivity contribution < 1.29 is 18.0 Å². The summed E-state index contributed by atoms with van der Waals surface area (Å²) in [5, 5.41) is 4.05. The van der Waals surface area contributed by atoms with Crippen LogP contribution in [-0.4, -0.2) is 55.6 Å². The molecule has 11 heteroatoms. The summed E-state index contributed by atoms with van der Waals surface area (Å²) < 4.78 is 26.9. The summed E-state index contributed by atoms with van der Waals surface area (Å²) in [6, 6.07) is 9.75. The molecular formula is C24H30Cl3N3O4S. The van der Waals surface area contributed by atoms with E-state index in [1.54, 1.807) is 25.1 Å². The highest BCUT2D eigenvalue weighted by Crippen LogP contribution is 2.24. The number of nitrogens with one attached hydrogen (secondary N) is 1. The lowest BCUT2D eigenvalue weighted by Gasteiger charge is -2.32. The van der Waals surface area contributed by atoms with Gasteiger partial charge in [-0.15, -0.1) is 0 Å². The van der Waals surface area contributed by atoms with Crippen molar-refractivity contribution >= 4 is 56.6 Å². The lowest BCUT2D eigenvalue weighted by molar-refractivity contribution is -0.141. The molecule has 192 valence electrons. The summed E-state index contributed by atoms with van der Waals surface area (Å²) in [6.07, 6.45) is 2.05. The zero-order valence-corrected chi connectivity index (χ0v) is 23.0. The summed E-state index contributed by atoms with van der Waals surface area (Å²) in [4.78, 5) is 27.8. The molecule has 1 N–H and O–H groups in total. The Morgan fingerprint density at radius 2 is 1.63 bits per heavy atom. The number of carbonyl (C=O) groups excluding carboxylic acids is 2. The monoisotopic (exact) mass is 561 g/mol. The Bertz CT molecular complexity index is 1130. The number of amides is 2. The van der Waals surface area contributed by atoms with E-state index in [-0.39, 0.29) is 17.3 Å². The number of sulfonamides is 1. The summed E-state index contributed by atoms with van der Waals surface area (Å²) >= 11 is 18.2. The third-order valence-electron chi connectivity index (χ3n) is 5.45. The normalized spacial score (nSPS) is 12.4. The standard InChI is InChI=1S/C24H30Cl3N3O4S/c1-4-6-13-28-24(32)22(5-2)30(15-17-7-8-19(26)14-21(17)27)23(31)16-29(3)35(33,34)20-11-9-18(25)10-12-20/h7-12,14,22H,4-6,13,15-16H2,1-3H3,(H,28,32)/t22-/m0/s1. The number of unbranched alkanes of at least 4 members (excludes halogenated alkanes) is 1. The van der Waals surface area contributed by atoms with Crippen molar-refractivity contribution in [2.75, 3.05) is 20.1 Å². The van der Waals surface area contributed by atoms with Gasteiger partial charge in [-0.05, 0) is 54.8 Å². The average Bonchev–Trinajstić information content (AvgIpc) is 2.80. The van der Waals surface area contributed by atoms with Crippen molar-refractivity contribution in [2.45, 2.75) is 50.6 Å². The van der Waals surface area contributed by atoms with Gasteiger partial charge < -0.3 is 10.2 Å². The molecule has 0 unspecified atom stereocenters. The molecule has 0 heterocycles. The van der Waals surface area contributed by atoms with Crippen molar-refractivity contribution in [3.8, 4) is 0 Å². The molecule has 2 aromatic rings. The SMILES string of the molecule is CCCCNC(=O)[C@H](CC)N(Cc1ccc(Cl)cc1Cl)C(=O)CN(C)S(=O)(=O)c1ccc(Cl)cc1. The highest BCUT2D eigenvalue weighted by atomic mass is 35.5. The van der Waals surface area contributed by atoms with Crippen molar-refractivity contribution in [2.24, 2.45) is 0 Å². The first-order chi connectivity index (χ1) is 16.5. The maximum Gasteiger partial charge on any atom is 0.243 e. The summed E-state index contributed by atoms with van der Waals surface area (Å²) in [5.41, 5.74) is 0.590. The number of rotatable bonds is 12. The Hall–Kier alpha value is -1.84. The van der Waals surface area contributed by atoms with E-state index >= 15 is 0 Å². The Morgan fingerprint density at radius 3 is 2.20 bits per heavy atom. The van der Waals surface area contributed by atoms with E-state index in [0.29, 0.717) is 33.6 Å². The second kappa shape index (κ2) is 13.5. The summed E-state index contributed by atoms with van der Waals surface area (Å²) in [6.45, 7) is 3.85. The molecule has 0 bridgehead atoms. The maximum absolute atomic E-state index is 13.5. The Balaban J connectivity index is 2.33. The molecule has 7 nitrogen and oxygen atoms in total. The molecule has 0 aliphatic heterocycles. The molecule has 0 saturated heterocycles. The number of carbonyl (C=O) groups is 2. The van der Waals surface area contributed by atoms with E-state index in [4.69, 9.17) is 34.8 Å². The fraction of sp³-hybridized carbons (Fsp3) is 0.417. The molecule has 0 saturated carbocycles. The van der Waals surface area contributed by atoms with Gasteiger partial charge in [0, 0.05) is 35.2 Å². The predicted molar refractivity (Wildman–Crippen MR) is 140 cm³/mol. The van der Waals surface area contributed by atoms with E-state index in [1.807, 2.05) is 6.92 Å². The van der Waals surface area contributed by atoms with Crippen LogP contribution in [0.4, 0.5) is 0 Å². The van der Waals surface area contributed by atoms with Gasteiger partial charge in [-0.1, -0.05) is 61.1 Å². The van der Waals surface area contributed by atoms with Gasteiger partial charge in [-0.2, -0.15) is 4.31 Å². The second-order valence-corrected chi connectivity index (χ2v) is 11.4. The van der Waals surface area contributed by atoms with Gasteiger partial charge in [0.2, 0.25) is 21.8 Å². The van der Waals surface area contributed by atoms with Crippen molar-refractivity contribution in [3.05, 3.63) is 63.1 Å². The molecule has 0 radical (unpaired) electrons. The quantitative estimate of drug-likeness (QED) is 0.369. The van der Waals surface area contributed by atoms with Gasteiger partial charge in [-0.25, -0.2) is 8.42 Å². The first kappa shape index (κ1) is 29.4. The molecule has 0 aromatic heterocycles. The van der Waals surface area contributed by atoms with Gasteiger partial charge in [0.1, 0.15) is 6.04 Å². The van der Waals surface area contributed by atoms with E-state index in [9.17, 15) is 18.0 Å². The molecule has 2 aromatic carbocycles. The number of hydrogen-bond donors (Lipinski definition) is 1. The van der Waals surface area contributed by atoms with E-state index in [2.05, 4.69) is 5.32 Å². The summed E-state index contributed by atoms with van der Waals surface area (Å²) in [5.74, 6) is -0.837. The maximum atomic E-state index is 13.5.